The van der Waals surface area contributed by atoms with Crippen molar-refractivity contribution in [3.8, 4) is 0 Å². The molecule has 0 fully saturated rings. The van der Waals surface area contributed by atoms with Crippen LogP contribution in [0.4, 0.5) is 16.2 Å². The zero-order chi connectivity index (χ0) is 33.2. The average Bonchev–Trinajstić information content (AvgIpc) is 2.97. The number of azide groups is 1. The van der Waals surface area contributed by atoms with E-state index in [4.69, 9.17) is 19.8 Å². The number of carbonyl (C=O) groups excluding carboxylic acids is 4. The predicted molar refractivity (Wildman–Crippen MR) is 172 cm³/mol. The highest BCUT2D eigenvalue weighted by Crippen LogP contribution is 2.23. The lowest BCUT2D eigenvalue weighted by Crippen LogP contribution is -2.47. The van der Waals surface area contributed by atoms with E-state index in [9.17, 15) is 29.2 Å². The first-order chi connectivity index (χ1) is 21.4. The predicted octanol–water partition coefficient (Wildman–Crippen LogP) is 3.21. The molecule has 0 spiro atoms. The number of rotatable bonds is 17. The molecule has 0 aliphatic rings. The number of alkyl carbamates (subject to hydrolysis) is 1. The molecule has 15 nitrogen and oxygen atoms in total. The van der Waals surface area contributed by atoms with Crippen molar-refractivity contribution in [2.24, 2.45) is 5.11 Å². The highest BCUT2D eigenvalue weighted by Gasteiger charge is 2.26. The summed E-state index contributed by atoms with van der Waals surface area (Å²) in [6, 6.07) is 11.0. The van der Waals surface area contributed by atoms with E-state index in [1.807, 2.05) is 0 Å². The SMILES string of the molecule is CC(C)(C)OC(=O)NC(CSSCCOC(=O)c1ccc(N=[N+]=[N-])cc1)C(=O)ONCCCC(=O)Nc1cccc(B(O)O)c1. The molecule has 1 atom stereocenters. The maximum Gasteiger partial charge on any atom is 0.488 e. The summed E-state index contributed by atoms with van der Waals surface area (Å²) in [6.45, 7) is 5.29. The second-order valence-electron chi connectivity index (χ2n) is 10.1. The highest BCUT2D eigenvalue weighted by molar-refractivity contribution is 8.76. The van der Waals surface area contributed by atoms with Gasteiger partial charge in [0.1, 0.15) is 18.2 Å². The van der Waals surface area contributed by atoms with Crippen LogP contribution in [0.25, 0.3) is 10.4 Å². The zero-order valence-corrected chi connectivity index (χ0v) is 26.6. The summed E-state index contributed by atoms with van der Waals surface area (Å²) in [5, 5.41) is 27.1. The molecule has 0 aliphatic heterocycles. The molecule has 0 aliphatic carbocycles. The van der Waals surface area contributed by atoms with Crippen LogP contribution in [0.15, 0.2) is 53.6 Å². The normalized spacial score (nSPS) is 11.4. The topological polar surface area (TPSA) is 221 Å². The molecule has 0 heterocycles. The molecular weight excluding hydrogens is 627 g/mol. The van der Waals surface area contributed by atoms with Crippen molar-refractivity contribution in [3.63, 3.8) is 0 Å². The lowest BCUT2D eigenvalue weighted by Gasteiger charge is -2.22. The number of carbonyl (C=O) groups is 4. The maximum absolute atomic E-state index is 12.7. The Labute approximate surface area is 268 Å². The number of benzene rings is 2. The van der Waals surface area contributed by atoms with E-state index in [0.29, 0.717) is 29.1 Å². The number of anilines is 1. The van der Waals surface area contributed by atoms with Crippen LogP contribution in [0.3, 0.4) is 0 Å². The van der Waals surface area contributed by atoms with Gasteiger partial charge in [0, 0.05) is 40.8 Å². The van der Waals surface area contributed by atoms with Crippen LogP contribution in [0, 0.1) is 0 Å². The molecule has 242 valence electrons. The van der Waals surface area contributed by atoms with E-state index < -0.39 is 36.8 Å². The van der Waals surface area contributed by atoms with Gasteiger partial charge in [-0.1, -0.05) is 51.0 Å². The van der Waals surface area contributed by atoms with Crippen molar-refractivity contribution in [2.45, 2.75) is 45.3 Å². The van der Waals surface area contributed by atoms with Gasteiger partial charge in [-0.15, -0.1) is 0 Å². The summed E-state index contributed by atoms with van der Waals surface area (Å²) in [5.41, 5.74) is 11.5. The Hall–Kier alpha value is -3.93. The molecule has 0 saturated heterocycles. The number of hydrogen-bond acceptors (Lipinski definition) is 13. The van der Waals surface area contributed by atoms with Crippen molar-refractivity contribution in [2.75, 3.05) is 30.0 Å². The summed E-state index contributed by atoms with van der Waals surface area (Å²) >= 11 is 0. The summed E-state index contributed by atoms with van der Waals surface area (Å²) in [7, 11) is 0.913. The third kappa shape index (κ3) is 15.6. The quantitative estimate of drug-likeness (QED) is 0.0190. The van der Waals surface area contributed by atoms with Crippen LogP contribution in [-0.2, 0) is 23.9 Å². The van der Waals surface area contributed by atoms with E-state index in [-0.39, 0.29) is 36.7 Å². The molecule has 5 N–H and O–H groups in total. The maximum atomic E-state index is 12.7. The molecule has 0 aromatic heterocycles. The number of hydrogen-bond donors (Lipinski definition) is 5. The number of nitrogens with one attached hydrogen (secondary N) is 3. The lowest BCUT2D eigenvalue weighted by molar-refractivity contribution is -0.153. The number of amides is 2. The average molecular weight is 663 g/mol. The first-order valence-electron chi connectivity index (χ1n) is 13.6. The monoisotopic (exact) mass is 662 g/mol. The van der Waals surface area contributed by atoms with Gasteiger partial charge >= 0.3 is 25.2 Å². The molecule has 0 radical (unpaired) electrons. The number of esters is 1. The Morgan fingerprint density at radius 2 is 1.82 bits per heavy atom. The van der Waals surface area contributed by atoms with Crippen LogP contribution in [0.5, 0.6) is 0 Å². The summed E-state index contributed by atoms with van der Waals surface area (Å²) in [6.07, 6.45) is -0.397. The van der Waals surface area contributed by atoms with Gasteiger partial charge in [0.15, 0.2) is 0 Å². The van der Waals surface area contributed by atoms with E-state index in [2.05, 4.69) is 26.1 Å². The van der Waals surface area contributed by atoms with Gasteiger partial charge in [0.05, 0.1) is 5.56 Å². The van der Waals surface area contributed by atoms with Gasteiger partial charge < -0.3 is 35.0 Å². The van der Waals surface area contributed by atoms with Crippen molar-refractivity contribution >= 4 is 69.5 Å². The third-order valence-electron chi connectivity index (χ3n) is 5.28. The van der Waals surface area contributed by atoms with Gasteiger partial charge in [-0.3, -0.25) is 4.79 Å². The standard InChI is InChI=1S/C27H35BN6O9S2/c1-27(2,3)42-26(38)32-22(17-45-44-15-14-41-24(36)18-9-11-20(12-10-18)33-34-29)25(37)43-30-13-5-8-23(35)31-21-7-4-6-19(16-21)28(39)40/h4,6-7,9-12,16,22,30,39-40H,5,8,13-15,17H2,1-3H3,(H,31,35)(H,32,38). The highest BCUT2D eigenvalue weighted by atomic mass is 33.1. The Bertz CT molecular complexity index is 1340. The summed E-state index contributed by atoms with van der Waals surface area (Å²) in [5.74, 6) is -1.12. The first-order valence-corrected chi connectivity index (χ1v) is 16.1. The number of ether oxygens (including phenoxy) is 2. The van der Waals surface area contributed by atoms with Gasteiger partial charge in [-0.2, -0.15) is 5.48 Å². The Balaban J connectivity index is 1.75. The molecule has 18 heteroatoms. The fourth-order valence-corrected chi connectivity index (χ4v) is 5.25. The van der Waals surface area contributed by atoms with Gasteiger partial charge in [-0.05, 0) is 62.5 Å². The molecule has 0 saturated carbocycles. The van der Waals surface area contributed by atoms with Crippen molar-refractivity contribution in [3.05, 3.63) is 64.5 Å². The van der Waals surface area contributed by atoms with Crippen molar-refractivity contribution in [1.29, 1.82) is 0 Å². The minimum atomic E-state index is -1.65. The molecule has 2 aromatic carbocycles. The van der Waals surface area contributed by atoms with Crippen LogP contribution >= 0.6 is 21.6 Å². The molecule has 1 unspecified atom stereocenters. The third-order valence-corrected chi connectivity index (χ3v) is 7.66. The smallest absolute Gasteiger partial charge is 0.461 e. The van der Waals surface area contributed by atoms with Gasteiger partial charge in [0.25, 0.3) is 0 Å². The van der Waals surface area contributed by atoms with Gasteiger partial charge in [-0.25, -0.2) is 14.4 Å². The Morgan fingerprint density at radius 3 is 2.49 bits per heavy atom. The second kappa shape index (κ2) is 19.5. The van der Waals surface area contributed by atoms with E-state index >= 15 is 0 Å². The molecule has 0 bridgehead atoms. The number of hydroxylamine groups is 1. The molecular formula is C27H35BN6O9S2. The summed E-state index contributed by atoms with van der Waals surface area (Å²) < 4.78 is 10.5. The van der Waals surface area contributed by atoms with Crippen LogP contribution in [0.1, 0.15) is 44.0 Å². The van der Waals surface area contributed by atoms with Crippen molar-refractivity contribution in [1.82, 2.24) is 10.8 Å². The lowest BCUT2D eigenvalue weighted by atomic mass is 9.80. The molecule has 2 amide bonds. The molecule has 45 heavy (non-hydrogen) atoms. The van der Waals surface area contributed by atoms with E-state index in [1.165, 1.54) is 58.0 Å². The molecule has 2 aromatic rings. The molecule has 2 rings (SSSR count). The first kappa shape index (κ1) is 37.3. The largest absolute Gasteiger partial charge is 0.488 e. The van der Waals surface area contributed by atoms with Crippen molar-refractivity contribution < 1.29 is 43.5 Å². The van der Waals surface area contributed by atoms with Crippen LogP contribution in [-0.4, -0.2) is 77.4 Å². The van der Waals surface area contributed by atoms with Gasteiger partial charge in [0.2, 0.25) is 5.91 Å². The Kier molecular flexibility index (Phi) is 16.1. The van der Waals surface area contributed by atoms with Crippen LogP contribution < -0.4 is 21.6 Å². The minimum absolute atomic E-state index is 0.0904. The fourth-order valence-electron chi connectivity index (χ4n) is 3.28. The second-order valence-corrected chi connectivity index (χ2v) is 12.8. The zero-order valence-electron chi connectivity index (χ0n) is 24.9. The van der Waals surface area contributed by atoms with E-state index in [1.54, 1.807) is 32.9 Å². The number of nitrogens with zero attached hydrogens (tertiary/aromatic N) is 3. The van der Waals surface area contributed by atoms with E-state index in [0.717, 1.165) is 0 Å². The fraction of sp³-hybridized carbons (Fsp3) is 0.407. The minimum Gasteiger partial charge on any atom is -0.461 e. The Morgan fingerprint density at radius 1 is 1.09 bits per heavy atom. The summed E-state index contributed by atoms with van der Waals surface area (Å²) in [4.78, 5) is 57.1. The van der Waals surface area contributed by atoms with Crippen LogP contribution in [0.2, 0.25) is 0 Å².